The summed E-state index contributed by atoms with van der Waals surface area (Å²) in [5.74, 6) is 2.28. The van der Waals surface area contributed by atoms with Crippen LogP contribution in [0, 0.1) is 11.8 Å². The number of anilines is 1. The zero-order valence-corrected chi connectivity index (χ0v) is 20.7. The average Bonchev–Trinajstić information content (AvgIpc) is 2.77. The summed E-state index contributed by atoms with van der Waals surface area (Å²) < 4.78 is 0. The number of hydrogen-bond acceptors (Lipinski definition) is 3. The third-order valence-corrected chi connectivity index (χ3v) is 9.23. The third-order valence-electron chi connectivity index (χ3n) is 9.23. The maximum absolute atomic E-state index is 13.0. The Morgan fingerprint density at radius 1 is 0.848 bits per heavy atom. The van der Waals surface area contributed by atoms with Crippen LogP contribution in [0.25, 0.3) is 0 Å². The van der Waals surface area contributed by atoms with Crippen molar-refractivity contribution < 1.29 is 9.59 Å². The summed E-state index contributed by atoms with van der Waals surface area (Å²) in [6.45, 7) is 3.38. The van der Waals surface area contributed by atoms with Gasteiger partial charge in [-0.05, 0) is 81.8 Å². The van der Waals surface area contributed by atoms with Gasteiger partial charge < -0.3 is 9.69 Å². The van der Waals surface area contributed by atoms with Crippen molar-refractivity contribution >= 4 is 17.4 Å². The predicted molar refractivity (Wildman–Crippen MR) is 133 cm³/mol. The normalized spacial score (nSPS) is 34.0. The van der Waals surface area contributed by atoms with Crippen LogP contribution in [0.1, 0.15) is 96.5 Å². The van der Waals surface area contributed by atoms with Gasteiger partial charge in [0.05, 0.1) is 0 Å². The highest BCUT2D eigenvalue weighted by molar-refractivity contribution is 5.93. The van der Waals surface area contributed by atoms with E-state index in [-0.39, 0.29) is 17.7 Å². The number of piperidine rings is 2. The number of carbonyl (C=O) groups is 2. The van der Waals surface area contributed by atoms with Gasteiger partial charge >= 0.3 is 0 Å². The van der Waals surface area contributed by atoms with Gasteiger partial charge in [0.25, 0.3) is 0 Å². The van der Waals surface area contributed by atoms with E-state index in [1.54, 1.807) is 13.8 Å². The first-order chi connectivity index (χ1) is 16.0. The van der Waals surface area contributed by atoms with Gasteiger partial charge in [-0.2, -0.15) is 0 Å². The maximum atomic E-state index is 13.0. The summed E-state index contributed by atoms with van der Waals surface area (Å²) in [7, 11) is 0. The Kier molecular flexibility index (Phi) is 6.92. The smallest absolute Gasteiger partial charge is 0.224 e. The lowest BCUT2D eigenvalue weighted by atomic mass is 9.68. The van der Waals surface area contributed by atoms with E-state index < -0.39 is 0 Å². The number of ketones is 1. The predicted octanol–water partition coefficient (Wildman–Crippen LogP) is 5.92. The van der Waals surface area contributed by atoms with Crippen LogP contribution in [0.15, 0.2) is 24.3 Å². The first-order valence-electron chi connectivity index (χ1n) is 13.6. The summed E-state index contributed by atoms with van der Waals surface area (Å²) in [4.78, 5) is 29.7. The molecule has 0 N–H and O–H groups in total. The van der Waals surface area contributed by atoms with Crippen LogP contribution in [-0.4, -0.2) is 40.8 Å². The zero-order chi connectivity index (χ0) is 22.9. The largest absolute Gasteiger partial charge is 0.309 e. The number of nitrogens with zero attached hydrogens (tertiary/aromatic N) is 2. The van der Waals surface area contributed by atoms with Crippen molar-refractivity contribution in [1.82, 2.24) is 4.90 Å². The third kappa shape index (κ3) is 4.92. The molecular formula is C29H42N2O2. The van der Waals surface area contributed by atoms with E-state index in [0.29, 0.717) is 24.9 Å². The van der Waals surface area contributed by atoms with Gasteiger partial charge in [-0.1, -0.05) is 43.9 Å². The lowest BCUT2D eigenvalue weighted by Gasteiger charge is -2.56. The first-order valence-corrected chi connectivity index (χ1v) is 13.6. The maximum Gasteiger partial charge on any atom is 0.224 e. The second kappa shape index (κ2) is 9.90. The number of rotatable bonds is 6. The van der Waals surface area contributed by atoms with Crippen molar-refractivity contribution in [2.45, 2.75) is 121 Å². The first kappa shape index (κ1) is 23.1. The minimum atomic E-state index is 0.147. The molecule has 1 amide bonds. The fraction of sp³-hybridized carbons (Fsp3) is 0.724. The van der Waals surface area contributed by atoms with Gasteiger partial charge in [-0.25, -0.2) is 0 Å². The van der Waals surface area contributed by atoms with Crippen molar-refractivity contribution in [1.29, 1.82) is 0 Å². The van der Waals surface area contributed by atoms with Crippen LogP contribution in [0.3, 0.4) is 0 Å². The Morgan fingerprint density at radius 2 is 1.48 bits per heavy atom. The fourth-order valence-corrected chi connectivity index (χ4v) is 8.03. The molecule has 4 fully saturated rings. The minimum Gasteiger partial charge on any atom is -0.309 e. The van der Waals surface area contributed by atoms with Crippen LogP contribution in [0.2, 0.25) is 0 Å². The fourth-order valence-electron chi connectivity index (χ4n) is 8.03. The molecule has 2 heterocycles. The van der Waals surface area contributed by atoms with Gasteiger partial charge in [0.2, 0.25) is 5.91 Å². The number of benzene rings is 1. The number of Topliss-reactive ketones (excluding diaryl/α,β-unsaturated/α-hetero) is 1. The number of carbonyl (C=O) groups excluding carboxylic acids is 2. The van der Waals surface area contributed by atoms with Gasteiger partial charge in [-0.3, -0.25) is 9.69 Å². The molecule has 6 atom stereocenters. The second-order valence-electron chi connectivity index (χ2n) is 11.6. The van der Waals surface area contributed by atoms with E-state index in [2.05, 4.69) is 21.9 Å². The molecule has 180 valence electrons. The number of amides is 1. The molecule has 0 unspecified atom stereocenters. The highest BCUT2D eigenvalue weighted by Gasteiger charge is 2.46. The number of para-hydroxylation sites is 1. The van der Waals surface area contributed by atoms with Crippen molar-refractivity contribution in [2.24, 2.45) is 11.8 Å². The van der Waals surface area contributed by atoms with E-state index in [4.69, 9.17) is 0 Å². The monoisotopic (exact) mass is 450 g/mol. The summed E-state index contributed by atoms with van der Waals surface area (Å²) in [6.07, 6.45) is 16.0. The van der Waals surface area contributed by atoms with Crippen molar-refractivity contribution in [3.63, 3.8) is 0 Å². The van der Waals surface area contributed by atoms with Gasteiger partial charge in [0.15, 0.2) is 0 Å². The van der Waals surface area contributed by atoms with Crippen LogP contribution in [0.5, 0.6) is 0 Å². The summed E-state index contributed by atoms with van der Waals surface area (Å²) >= 11 is 0. The van der Waals surface area contributed by atoms with E-state index in [9.17, 15) is 9.59 Å². The van der Waals surface area contributed by atoms with Gasteiger partial charge in [0, 0.05) is 43.2 Å². The van der Waals surface area contributed by atoms with Crippen molar-refractivity contribution in [3.05, 3.63) is 29.8 Å². The molecule has 0 radical (unpaired) electrons. The number of fused-ring (bicyclic) bond motifs is 4. The van der Waals surface area contributed by atoms with E-state index in [1.165, 1.54) is 57.8 Å². The molecule has 2 saturated heterocycles. The minimum absolute atomic E-state index is 0.147. The summed E-state index contributed by atoms with van der Waals surface area (Å²) in [5, 5.41) is 0. The van der Waals surface area contributed by atoms with Gasteiger partial charge in [0.1, 0.15) is 5.78 Å². The lowest BCUT2D eigenvalue weighted by Crippen LogP contribution is -2.61. The van der Waals surface area contributed by atoms with E-state index >= 15 is 0 Å². The summed E-state index contributed by atoms with van der Waals surface area (Å²) in [6, 6.07) is 10.6. The SMILES string of the molecule is CC(=O)CCc1ccccc1N(C(C)=O)[C@H]1C[C@H]2CCC[C@@H](C1)N2[C@H]1C[C@@H]2CCC[C@@H](C2)C1. The van der Waals surface area contributed by atoms with Crippen LogP contribution >= 0.6 is 0 Å². The molecule has 4 nitrogen and oxygen atoms in total. The van der Waals surface area contributed by atoms with Crippen LogP contribution in [0.4, 0.5) is 5.69 Å². The molecule has 5 rings (SSSR count). The topological polar surface area (TPSA) is 40.6 Å². The number of aryl methyl sites for hydroxylation is 1. The molecule has 2 aliphatic carbocycles. The molecule has 33 heavy (non-hydrogen) atoms. The Morgan fingerprint density at radius 3 is 2.12 bits per heavy atom. The molecule has 2 aliphatic heterocycles. The Labute approximate surface area is 200 Å². The van der Waals surface area contributed by atoms with Crippen molar-refractivity contribution in [2.75, 3.05) is 4.90 Å². The molecule has 4 aliphatic rings. The molecule has 4 bridgehead atoms. The standard InChI is InChI=1S/C29H42N2O2/c1-20(32)13-14-24-9-3-4-12-29(24)30(21(2)33)28-18-25-10-6-11-26(19-28)31(25)27-16-22-7-5-8-23(15-22)17-27/h3-4,9,12,22-23,25-28H,5-8,10-11,13-19H2,1-2H3/t22-,23+,25-,26+,27+,28+. The average molecular weight is 451 g/mol. The Balaban J connectivity index is 1.36. The molecule has 1 aromatic carbocycles. The number of hydrogen-bond donors (Lipinski definition) is 0. The molecule has 2 saturated carbocycles. The quantitative estimate of drug-likeness (QED) is 0.540. The molecule has 4 heteroatoms. The van der Waals surface area contributed by atoms with Crippen molar-refractivity contribution in [3.8, 4) is 0 Å². The van der Waals surface area contributed by atoms with E-state index in [1.807, 2.05) is 12.1 Å². The van der Waals surface area contributed by atoms with Crippen LogP contribution < -0.4 is 4.90 Å². The van der Waals surface area contributed by atoms with Crippen LogP contribution in [-0.2, 0) is 16.0 Å². The molecular weight excluding hydrogens is 408 g/mol. The highest BCUT2D eigenvalue weighted by Crippen LogP contribution is 2.46. The molecule has 1 aromatic rings. The second-order valence-corrected chi connectivity index (χ2v) is 11.6. The molecule has 0 aromatic heterocycles. The Bertz CT molecular complexity index is 841. The zero-order valence-electron chi connectivity index (χ0n) is 20.7. The lowest BCUT2D eigenvalue weighted by molar-refractivity contribution is -0.118. The Hall–Kier alpha value is -1.68. The van der Waals surface area contributed by atoms with E-state index in [0.717, 1.165) is 42.0 Å². The molecule has 0 spiro atoms. The van der Waals surface area contributed by atoms with Gasteiger partial charge in [-0.15, -0.1) is 0 Å². The highest BCUT2D eigenvalue weighted by atomic mass is 16.2. The summed E-state index contributed by atoms with van der Waals surface area (Å²) in [5.41, 5.74) is 2.17.